The minimum absolute atomic E-state index is 0.262. The molecular weight excluding hydrogens is 208 g/mol. The topological polar surface area (TPSA) is 24.1 Å². The SMILES string of the molecule is CC1CCCC(NCCCNC(C)(C)C)CC1. The average Bonchev–Trinajstić information content (AvgIpc) is 2.41. The smallest absolute Gasteiger partial charge is 0.00965 e. The van der Waals surface area contributed by atoms with Gasteiger partial charge in [-0.2, -0.15) is 0 Å². The summed E-state index contributed by atoms with van der Waals surface area (Å²) in [5, 5.41) is 7.27. The molecule has 2 heteroatoms. The van der Waals surface area contributed by atoms with E-state index in [1.807, 2.05) is 0 Å². The Bertz CT molecular complexity index is 196. The van der Waals surface area contributed by atoms with E-state index in [9.17, 15) is 0 Å². The second-order valence-corrected chi connectivity index (χ2v) is 6.79. The third-order valence-corrected chi connectivity index (χ3v) is 3.70. The van der Waals surface area contributed by atoms with Crippen LogP contribution >= 0.6 is 0 Å². The molecule has 0 radical (unpaired) electrons. The standard InChI is InChI=1S/C15H32N2/c1-13-7-5-8-14(10-9-13)16-11-6-12-17-15(2,3)4/h13-14,16-17H,5-12H2,1-4H3. The molecule has 0 aliphatic heterocycles. The Morgan fingerprint density at radius 1 is 1.00 bits per heavy atom. The van der Waals surface area contributed by atoms with Crippen molar-refractivity contribution in [2.45, 2.75) is 77.8 Å². The fraction of sp³-hybridized carbons (Fsp3) is 1.00. The molecule has 102 valence electrons. The third kappa shape index (κ3) is 7.77. The van der Waals surface area contributed by atoms with Crippen LogP contribution in [-0.4, -0.2) is 24.7 Å². The van der Waals surface area contributed by atoms with Crippen molar-refractivity contribution in [3.05, 3.63) is 0 Å². The van der Waals surface area contributed by atoms with Gasteiger partial charge in [-0.25, -0.2) is 0 Å². The highest BCUT2D eigenvalue weighted by molar-refractivity contribution is 4.74. The lowest BCUT2D eigenvalue weighted by Crippen LogP contribution is -2.38. The van der Waals surface area contributed by atoms with Gasteiger partial charge in [-0.15, -0.1) is 0 Å². The van der Waals surface area contributed by atoms with Gasteiger partial charge in [0.2, 0.25) is 0 Å². The van der Waals surface area contributed by atoms with Gasteiger partial charge < -0.3 is 10.6 Å². The van der Waals surface area contributed by atoms with E-state index >= 15 is 0 Å². The van der Waals surface area contributed by atoms with Crippen molar-refractivity contribution in [1.82, 2.24) is 10.6 Å². The van der Waals surface area contributed by atoms with Crippen molar-refractivity contribution in [3.8, 4) is 0 Å². The Balaban J connectivity index is 2.02. The molecule has 1 aliphatic carbocycles. The van der Waals surface area contributed by atoms with Crippen molar-refractivity contribution < 1.29 is 0 Å². The van der Waals surface area contributed by atoms with E-state index in [4.69, 9.17) is 0 Å². The first-order valence-corrected chi connectivity index (χ1v) is 7.46. The molecule has 0 saturated heterocycles. The van der Waals surface area contributed by atoms with E-state index in [-0.39, 0.29) is 5.54 Å². The predicted octanol–water partition coefficient (Wildman–Crippen LogP) is 3.32. The minimum Gasteiger partial charge on any atom is -0.314 e. The quantitative estimate of drug-likeness (QED) is 0.569. The summed E-state index contributed by atoms with van der Waals surface area (Å²) in [5.74, 6) is 0.948. The van der Waals surface area contributed by atoms with Gasteiger partial charge in [-0.1, -0.05) is 19.8 Å². The maximum atomic E-state index is 3.73. The fourth-order valence-corrected chi connectivity index (χ4v) is 2.55. The largest absolute Gasteiger partial charge is 0.314 e. The van der Waals surface area contributed by atoms with Gasteiger partial charge in [0.25, 0.3) is 0 Å². The zero-order valence-electron chi connectivity index (χ0n) is 12.3. The molecule has 2 N–H and O–H groups in total. The number of hydrogen-bond acceptors (Lipinski definition) is 2. The van der Waals surface area contributed by atoms with E-state index < -0.39 is 0 Å². The van der Waals surface area contributed by atoms with Crippen LogP contribution in [0.1, 0.15) is 66.2 Å². The summed E-state index contributed by atoms with van der Waals surface area (Å²) in [6, 6.07) is 0.787. The molecule has 0 heterocycles. The lowest BCUT2D eigenvalue weighted by molar-refractivity contribution is 0.402. The van der Waals surface area contributed by atoms with Gasteiger partial charge in [-0.3, -0.25) is 0 Å². The average molecular weight is 240 g/mol. The highest BCUT2D eigenvalue weighted by Gasteiger charge is 2.15. The van der Waals surface area contributed by atoms with E-state index in [1.54, 1.807) is 0 Å². The van der Waals surface area contributed by atoms with E-state index in [0.717, 1.165) is 18.5 Å². The lowest BCUT2D eigenvalue weighted by atomic mass is 10.0. The first kappa shape index (κ1) is 15.0. The van der Waals surface area contributed by atoms with E-state index in [0.29, 0.717) is 0 Å². The lowest BCUT2D eigenvalue weighted by Gasteiger charge is -2.21. The molecule has 1 aliphatic rings. The highest BCUT2D eigenvalue weighted by Crippen LogP contribution is 2.22. The Hall–Kier alpha value is -0.0800. The second kappa shape index (κ2) is 7.38. The van der Waals surface area contributed by atoms with Crippen LogP contribution < -0.4 is 10.6 Å². The summed E-state index contributed by atoms with van der Waals surface area (Å²) in [4.78, 5) is 0. The first-order chi connectivity index (χ1) is 7.97. The summed E-state index contributed by atoms with van der Waals surface area (Å²) >= 11 is 0. The summed E-state index contributed by atoms with van der Waals surface area (Å²) in [5.41, 5.74) is 0.262. The van der Waals surface area contributed by atoms with Crippen LogP contribution in [0.3, 0.4) is 0 Å². The molecule has 0 aromatic carbocycles. The summed E-state index contributed by atoms with van der Waals surface area (Å²) in [6.45, 7) is 11.4. The molecule has 1 saturated carbocycles. The predicted molar refractivity (Wildman–Crippen MR) is 76.4 cm³/mol. The second-order valence-electron chi connectivity index (χ2n) is 6.79. The normalized spacial score (nSPS) is 26.8. The Kier molecular flexibility index (Phi) is 6.50. The van der Waals surface area contributed by atoms with Crippen molar-refractivity contribution in [1.29, 1.82) is 0 Å². The first-order valence-electron chi connectivity index (χ1n) is 7.46. The highest BCUT2D eigenvalue weighted by atomic mass is 15.0. The monoisotopic (exact) mass is 240 g/mol. The molecule has 1 rings (SSSR count). The van der Waals surface area contributed by atoms with Gasteiger partial charge in [-0.05, 0) is 65.5 Å². The molecule has 17 heavy (non-hydrogen) atoms. The molecule has 1 fully saturated rings. The van der Waals surface area contributed by atoms with Crippen LogP contribution in [0.25, 0.3) is 0 Å². The van der Waals surface area contributed by atoms with Crippen LogP contribution in [0.5, 0.6) is 0 Å². The maximum absolute atomic E-state index is 3.73. The fourth-order valence-electron chi connectivity index (χ4n) is 2.55. The van der Waals surface area contributed by atoms with Crippen molar-refractivity contribution in [3.63, 3.8) is 0 Å². The van der Waals surface area contributed by atoms with Gasteiger partial charge >= 0.3 is 0 Å². The molecular formula is C15H32N2. The molecule has 0 bridgehead atoms. The number of nitrogens with one attached hydrogen (secondary N) is 2. The van der Waals surface area contributed by atoms with Gasteiger partial charge in [0.05, 0.1) is 0 Å². The zero-order valence-corrected chi connectivity index (χ0v) is 12.3. The zero-order chi connectivity index (χ0) is 12.7. The van der Waals surface area contributed by atoms with Crippen LogP contribution in [-0.2, 0) is 0 Å². The van der Waals surface area contributed by atoms with E-state index in [2.05, 4.69) is 38.3 Å². The summed E-state index contributed by atoms with van der Waals surface area (Å²) < 4.78 is 0. The molecule has 0 aromatic rings. The number of hydrogen-bond donors (Lipinski definition) is 2. The molecule has 2 atom stereocenters. The van der Waals surface area contributed by atoms with Gasteiger partial charge in [0.1, 0.15) is 0 Å². The van der Waals surface area contributed by atoms with E-state index in [1.165, 1.54) is 45.1 Å². The van der Waals surface area contributed by atoms with Crippen LogP contribution in [0, 0.1) is 5.92 Å². The van der Waals surface area contributed by atoms with Crippen LogP contribution in [0.2, 0.25) is 0 Å². The van der Waals surface area contributed by atoms with Crippen LogP contribution in [0.15, 0.2) is 0 Å². The molecule has 0 amide bonds. The molecule has 2 unspecified atom stereocenters. The van der Waals surface area contributed by atoms with Crippen molar-refractivity contribution in [2.24, 2.45) is 5.92 Å². The van der Waals surface area contributed by atoms with Crippen molar-refractivity contribution >= 4 is 0 Å². The Morgan fingerprint density at radius 2 is 1.76 bits per heavy atom. The molecule has 2 nitrogen and oxygen atoms in total. The minimum atomic E-state index is 0.262. The van der Waals surface area contributed by atoms with Crippen molar-refractivity contribution in [2.75, 3.05) is 13.1 Å². The maximum Gasteiger partial charge on any atom is 0.00965 e. The molecule has 0 aromatic heterocycles. The third-order valence-electron chi connectivity index (χ3n) is 3.70. The molecule has 0 spiro atoms. The summed E-state index contributed by atoms with van der Waals surface area (Å²) in [6.07, 6.45) is 8.27. The Labute approximate surface area is 108 Å². The van der Waals surface area contributed by atoms with Gasteiger partial charge in [0.15, 0.2) is 0 Å². The summed E-state index contributed by atoms with van der Waals surface area (Å²) in [7, 11) is 0. The number of rotatable bonds is 5. The van der Waals surface area contributed by atoms with Crippen LogP contribution in [0.4, 0.5) is 0 Å². The van der Waals surface area contributed by atoms with Gasteiger partial charge in [0, 0.05) is 11.6 Å². The Morgan fingerprint density at radius 3 is 2.47 bits per heavy atom.